The molecule has 0 saturated heterocycles. The Morgan fingerprint density at radius 2 is 1.89 bits per heavy atom. The van der Waals surface area contributed by atoms with Crippen LogP contribution in [-0.4, -0.2) is 19.2 Å². The number of benzene rings is 1. The minimum absolute atomic E-state index is 0.152. The molecular formula is C16H27NO. The molecule has 0 saturated carbocycles. The molecule has 18 heavy (non-hydrogen) atoms. The topological polar surface area (TPSA) is 21.3 Å². The molecule has 1 atom stereocenters. The van der Waals surface area contributed by atoms with Crippen LogP contribution in [0.1, 0.15) is 46.6 Å². The molecule has 2 nitrogen and oxygen atoms in total. The molecule has 0 aliphatic carbocycles. The second-order valence-electron chi connectivity index (χ2n) is 5.97. The number of ether oxygens (including phenoxy) is 1. The first kappa shape index (κ1) is 15.0. The van der Waals surface area contributed by atoms with Crippen LogP contribution in [-0.2, 0) is 5.41 Å². The molecule has 2 heteroatoms. The van der Waals surface area contributed by atoms with Crippen molar-refractivity contribution in [2.75, 3.05) is 7.05 Å². The SMILES string of the molecule is CNC(C)CC(C)(C)c1cccc(OC(C)C)c1. The van der Waals surface area contributed by atoms with Gasteiger partial charge in [0.05, 0.1) is 6.10 Å². The van der Waals surface area contributed by atoms with E-state index in [1.807, 2.05) is 13.1 Å². The van der Waals surface area contributed by atoms with Gasteiger partial charge in [-0.1, -0.05) is 26.0 Å². The van der Waals surface area contributed by atoms with Crippen molar-refractivity contribution in [2.45, 2.75) is 58.6 Å². The van der Waals surface area contributed by atoms with Gasteiger partial charge < -0.3 is 10.1 Å². The van der Waals surface area contributed by atoms with E-state index < -0.39 is 0 Å². The standard InChI is InChI=1S/C16H27NO/c1-12(2)18-15-9-7-8-14(10-15)16(4,5)11-13(3)17-6/h7-10,12-13,17H,11H2,1-6H3. The molecule has 1 aromatic rings. The summed E-state index contributed by atoms with van der Waals surface area (Å²) in [5.41, 5.74) is 1.49. The first-order valence-electron chi connectivity index (χ1n) is 6.79. The maximum absolute atomic E-state index is 5.77. The van der Waals surface area contributed by atoms with E-state index in [-0.39, 0.29) is 11.5 Å². The molecule has 0 bridgehead atoms. The zero-order valence-corrected chi connectivity index (χ0v) is 12.6. The minimum Gasteiger partial charge on any atom is -0.491 e. The fourth-order valence-corrected chi connectivity index (χ4v) is 2.25. The zero-order chi connectivity index (χ0) is 13.8. The first-order chi connectivity index (χ1) is 8.35. The van der Waals surface area contributed by atoms with Gasteiger partial charge in [-0.3, -0.25) is 0 Å². The predicted molar refractivity (Wildman–Crippen MR) is 78.4 cm³/mol. The smallest absolute Gasteiger partial charge is 0.119 e. The fourth-order valence-electron chi connectivity index (χ4n) is 2.25. The van der Waals surface area contributed by atoms with E-state index in [2.05, 4.69) is 58.1 Å². The monoisotopic (exact) mass is 249 g/mol. The van der Waals surface area contributed by atoms with Crippen molar-refractivity contribution in [3.05, 3.63) is 29.8 Å². The summed E-state index contributed by atoms with van der Waals surface area (Å²) in [6, 6.07) is 8.98. The van der Waals surface area contributed by atoms with Crippen molar-refractivity contribution < 1.29 is 4.74 Å². The molecule has 1 unspecified atom stereocenters. The number of rotatable bonds is 6. The van der Waals surface area contributed by atoms with Crippen molar-refractivity contribution in [1.29, 1.82) is 0 Å². The fraction of sp³-hybridized carbons (Fsp3) is 0.625. The van der Waals surface area contributed by atoms with Crippen LogP contribution in [0.5, 0.6) is 5.75 Å². The van der Waals surface area contributed by atoms with Gasteiger partial charge in [0.15, 0.2) is 0 Å². The van der Waals surface area contributed by atoms with Crippen LogP contribution < -0.4 is 10.1 Å². The average Bonchev–Trinajstić information content (AvgIpc) is 2.27. The van der Waals surface area contributed by atoms with Crippen molar-refractivity contribution in [2.24, 2.45) is 0 Å². The minimum atomic E-state index is 0.152. The van der Waals surface area contributed by atoms with Crippen molar-refractivity contribution in [1.82, 2.24) is 5.32 Å². The third kappa shape index (κ3) is 4.34. The Balaban J connectivity index is 2.87. The van der Waals surface area contributed by atoms with Gasteiger partial charge in [0, 0.05) is 6.04 Å². The Morgan fingerprint density at radius 3 is 2.44 bits per heavy atom. The molecule has 0 aromatic heterocycles. The molecule has 0 fully saturated rings. The Morgan fingerprint density at radius 1 is 1.22 bits per heavy atom. The van der Waals surface area contributed by atoms with Crippen LogP contribution in [0.15, 0.2) is 24.3 Å². The Kier molecular flexibility index (Phi) is 5.21. The highest BCUT2D eigenvalue weighted by Gasteiger charge is 2.23. The third-order valence-corrected chi connectivity index (χ3v) is 3.30. The molecule has 1 aromatic carbocycles. The first-order valence-corrected chi connectivity index (χ1v) is 6.79. The van der Waals surface area contributed by atoms with E-state index in [0.29, 0.717) is 6.04 Å². The average molecular weight is 249 g/mol. The van der Waals surface area contributed by atoms with Gasteiger partial charge >= 0.3 is 0 Å². The number of nitrogens with one attached hydrogen (secondary N) is 1. The van der Waals surface area contributed by atoms with Gasteiger partial charge in [-0.05, 0) is 57.4 Å². The third-order valence-electron chi connectivity index (χ3n) is 3.30. The highest BCUT2D eigenvalue weighted by Crippen LogP contribution is 2.30. The lowest BCUT2D eigenvalue weighted by atomic mass is 9.79. The molecule has 0 amide bonds. The molecule has 102 valence electrons. The molecule has 1 rings (SSSR count). The summed E-state index contributed by atoms with van der Waals surface area (Å²) >= 11 is 0. The van der Waals surface area contributed by atoms with Gasteiger partial charge in [0.1, 0.15) is 5.75 Å². The quantitative estimate of drug-likeness (QED) is 0.829. The highest BCUT2D eigenvalue weighted by atomic mass is 16.5. The Hall–Kier alpha value is -1.02. The summed E-state index contributed by atoms with van der Waals surface area (Å²) in [6.07, 6.45) is 1.33. The molecule has 0 heterocycles. The summed E-state index contributed by atoms with van der Waals surface area (Å²) < 4.78 is 5.77. The van der Waals surface area contributed by atoms with Gasteiger partial charge in [0.25, 0.3) is 0 Å². The van der Waals surface area contributed by atoms with Crippen molar-refractivity contribution in [3.8, 4) is 5.75 Å². The van der Waals surface area contributed by atoms with Crippen molar-refractivity contribution >= 4 is 0 Å². The van der Waals surface area contributed by atoms with Crippen LogP contribution in [0.4, 0.5) is 0 Å². The molecule has 0 radical (unpaired) electrons. The normalized spacial score (nSPS) is 13.7. The van der Waals surface area contributed by atoms with Crippen LogP contribution in [0.2, 0.25) is 0 Å². The van der Waals surface area contributed by atoms with Crippen LogP contribution in [0, 0.1) is 0 Å². The largest absolute Gasteiger partial charge is 0.491 e. The number of hydrogen-bond acceptors (Lipinski definition) is 2. The number of hydrogen-bond donors (Lipinski definition) is 1. The summed E-state index contributed by atoms with van der Waals surface area (Å²) in [4.78, 5) is 0. The predicted octanol–water partition coefficient (Wildman–Crippen LogP) is 3.75. The summed E-state index contributed by atoms with van der Waals surface area (Å²) in [7, 11) is 2.01. The van der Waals surface area contributed by atoms with Crippen molar-refractivity contribution in [3.63, 3.8) is 0 Å². The van der Waals surface area contributed by atoms with E-state index in [4.69, 9.17) is 4.74 Å². The lowest BCUT2D eigenvalue weighted by Crippen LogP contribution is -2.30. The van der Waals surface area contributed by atoms with E-state index in [0.717, 1.165) is 12.2 Å². The summed E-state index contributed by atoms with van der Waals surface area (Å²) in [5, 5.41) is 3.31. The maximum atomic E-state index is 5.77. The van der Waals surface area contributed by atoms with E-state index in [1.165, 1.54) is 5.56 Å². The Labute approximate surface area is 112 Å². The summed E-state index contributed by atoms with van der Waals surface area (Å²) in [5.74, 6) is 0.965. The summed E-state index contributed by atoms with van der Waals surface area (Å²) in [6.45, 7) is 10.9. The van der Waals surface area contributed by atoms with Crippen LogP contribution >= 0.6 is 0 Å². The van der Waals surface area contributed by atoms with E-state index >= 15 is 0 Å². The van der Waals surface area contributed by atoms with Gasteiger partial charge in [-0.25, -0.2) is 0 Å². The molecule has 0 aliphatic rings. The van der Waals surface area contributed by atoms with Crippen LogP contribution in [0.3, 0.4) is 0 Å². The van der Waals surface area contributed by atoms with Gasteiger partial charge in [-0.15, -0.1) is 0 Å². The maximum Gasteiger partial charge on any atom is 0.119 e. The Bertz CT molecular complexity index is 371. The molecule has 0 spiro atoms. The lowest BCUT2D eigenvalue weighted by Gasteiger charge is -2.29. The zero-order valence-electron chi connectivity index (χ0n) is 12.6. The van der Waals surface area contributed by atoms with E-state index in [9.17, 15) is 0 Å². The second kappa shape index (κ2) is 6.24. The molecule has 0 aliphatic heterocycles. The van der Waals surface area contributed by atoms with Gasteiger partial charge in [-0.2, -0.15) is 0 Å². The van der Waals surface area contributed by atoms with Gasteiger partial charge in [0.2, 0.25) is 0 Å². The second-order valence-corrected chi connectivity index (χ2v) is 5.97. The van der Waals surface area contributed by atoms with Crippen LogP contribution in [0.25, 0.3) is 0 Å². The lowest BCUT2D eigenvalue weighted by molar-refractivity contribution is 0.241. The molecule has 1 N–H and O–H groups in total. The molecular weight excluding hydrogens is 222 g/mol. The highest BCUT2D eigenvalue weighted by molar-refractivity contribution is 5.33. The van der Waals surface area contributed by atoms with E-state index in [1.54, 1.807) is 0 Å².